The molecule has 2 N–H and O–H groups in total. The number of hydrogen-bond acceptors (Lipinski definition) is 4. The van der Waals surface area contributed by atoms with Crippen LogP contribution in [0.4, 0.5) is 0 Å². The lowest BCUT2D eigenvalue weighted by atomic mass is 9.81. The van der Waals surface area contributed by atoms with Gasteiger partial charge in [0.05, 0.1) is 16.0 Å². The lowest BCUT2D eigenvalue weighted by Crippen LogP contribution is -2.24. The number of hydrogen-bond donors (Lipinski definition) is 1. The van der Waals surface area contributed by atoms with Gasteiger partial charge in [0.1, 0.15) is 17.4 Å². The highest BCUT2D eigenvalue weighted by Gasteiger charge is 2.34. The van der Waals surface area contributed by atoms with Crippen molar-refractivity contribution in [3.63, 3.8) is 0 Å². The van der Waals surface area contributed by atoms with Gasteiger partial charge in [-0.15, -0.1) is 0 Å². The average Bonchev–Trinajstić information content (AvgIpc) is 2.48. The summed E-state index contributed by atoms with van der Waals surface area (Å²) in [6.07, 6.45) is 0.298. The summed E-state index contributed by atoms with van der Waals surface area (Å²) in [5, 5.41) is 10.2. The van der Waals surface area contributed by atoms with Crippen molar-refractivity contribution in [1.82, 2.24) is 0 Å². The van der Waals surface area contributed by atoms with E-state index in [4.69, 9.17) is 33.7 Å². The molecule has 0 spiro atoms. The van der Waals surface area contributed by atoms with Gasteiger partial charge in [-0.2, -0.15) is 5.26 Å². The SMILES string of the molecule is CCC(=O)C1=C(C)OC(N)=C(C#N)[C@H]1c1ccc(Cl)c(Cl)c1. The van der Waals surface area contributed by atoms with Gasteiger partial charge in [0.25, 0.3) is 0 Å². The van der Waals surface area contributed by atoms with E-state index in [1.54, 1.807) is 32.0 Å². The van der Waals surface area contributed by atoms with Crippen LogP contribution < -0.4 is 5.73 Å². The van der Waals surface area contributed by atoms with Crippen molar-refractivity contribution in [2.45, 2.75) is 26.2 Å². The van der Waals surface area contributed by atoms with E-state index in [0.29, 0.717) is 33.4 Å². The molecule has 0 fully saturated rings. The fraction of sp³-hybridized carbons (Fsp3) is 0.250. The number of carbonyl (C=O) groups is 1. The van der Waals surface area contributed by atoms with Gasteiger partial charge < -0.3 is 10.5 Å². The first kappa shape index (κ1) is 16.4. The standard InChI is InChI=1S/C16H14Cl2N2O2/c1-3-13(21)14-8(2)22-16(20)10(7-19)15(14)9-4-5-11(17)12(18)6-9/h4-6,15H,3,20H2,1-2H3/t15-/m1/s1. The molecular formula is C16H14Cl2N2O2. The highest BCUT2D eigenvalue weighted by molar-refractivity contribution is 6.42. The van der Waals surface area contributed by atoms with E-state index >= 15 is 0 Å². The highest BCUT2D eigenvalue weighted by Crippen LogP contribution is 2.41. The van der Waals surface area contributed by atoms with Crippen molar-refractivity contribution in [3.05, 3.63) is 56.6 Å². The molecule has 0 bridgehead atoms. The quantitative estimate of drug-likeness (QED) is 0.903. The van der Waals surface area contributed by atoms with Gasteiger partial charge >= 0.3 is 0 Å². The van der Waals surface area contributed by atoms with E-state index < -0.39 is 5.92 Å². The Kier molecular flexibility index (Phi) is 4.80. The van der Waals surface area contributed by atoms with Crippen molar-refractivity contribution >= 4 is 29.0 Å². The molecule has 2 rings (SSSR count). The molecule has 1 aliphatic heterocycles. The van der Waals surface area contributed by atoms with Gasteiger partial charge in [-0.25, -0.2) is 0 Å². The minimum atomic E-state index is -0.596. The molecule has 1 aliphatic rings. The number of ketones is 1. The third-order valence-electron chi connectivity index (χ3n) is 3.50. The van der Waals surface area contributed by atoms with Crippen molar-refractivity contribution in [2.24, 2.45) is 5.73 Å². The monoisotopic (exact) mass is 336 g/mol. The van der Waals surface area contributed by atoms with E-state index in [1.165, 1.54) is 0 Å². The van der Waals surface area contributed by atoms with Gasteiger partial charge in [-0.05, 0) is 24.6 Å². The second-order valence-electron chi connectivity index (χ2n) is 4.84. The number of halogens is 2. The molecule has 22 heavy (non-hydrogen) atoms. The summed E-state index contributed by atoms with van der Waals surface area (Å²) in [5.41, 5.74) is 7.10. The van der Waals surface area contributed by atoms with Crippen LogP contribution >= 0.6 is 23.2 Å². The number of benzene rings is 1. The number of ether oxygens (including phenoxy) is 1. The second-order valence-corrected chi connectivity index (χ2v) is 5.66. The normalized spacial score (nSPS) is 18.0. The van der Waals surface area contributed by atoms with Crippen LogP contribution in [-0.2, 0) is 9.53 Å². The topological polar surface area (TPSA) is 76.1 Å². The third-order valence-corrected chi connectivity index (χ3v) is 4.24. The minimum absolute atomic E-state index is 0.00345. The van der Waals surface area contributed by atoms with Crippen molar-refractivity contribution < 1.29 is 9.53 Å². The molecular weight excluding hydrogens is 323 g/mol. The van der Waals surface area contributed by atoms with Crippen molar-refractivity contribution in [1.29, 1.82) is 5.26 Å². The number of nitrogens with zero attached hydrogens (tertiary/aromatic N) is 1. The molecule has 4 nitrogen and oxygen atoms in total. The summed E-state index contributed by atoms with van der Waals surface area (Å²) in [4.78, 5) is 12.3. The molecule has 0 aliphatic carbocycles. The number of nitrogens with two attached hydrogens (primary N) is 1. The lowest BCUT2D eigenvalue weighted by Gasteiger charge is -2.27. The average molecular weight is 337 g/mol. The van der Waals surface area contributed by atoms with Crippen LogP contribution in [0.2, 0.25) is 10.0 Å². The summed E-state index contributed by atoms with van der Waals surface area (Å²) in [5.74, 6) is -0.294. The first-order chi connectivity index (χ1) is 10.4. The number of Topliss-reactive ketones (excluding diaryl/α,β-unsaturated/α-hetero) is 1. The van der Waals surface area contributed by atoms with Gasteiger partial charge in [0.15, 0.2) is 5.78 Å². The molecule has 0 amide bonds. The second kappa shape index (κ2) is 6.43. The zero-order valence-corrected chi connectivity index (χ0v) is 13.6. The summed E-state index contributed by atoms with van der Waals surface area (Å²) in [7, 11) is 0. The molecule has 1 atom stereocenters. The van der Waals surface area contributed by atoms with Crippen LogP contribution in [0.15, 0.2) is 41.0 Å². The van der Waals surface area contributed by atoms with Crippen LogP contribution in [-0.4, -0.2) is 5.78 Å². The van der Waals surface area contributed by atoms with Crippen LogP contribution in [0, 0.1) is 11.3 Å². The highest BCUT2D eigenvalue weighted by atomic mass is 35.5. The summed E-state index contributed by atoms with van der Waals surface area (Å²) >= 11 is 12.0. The van der Waals surface area contributed by atoms with Gasteiger partial charge in [-0.3, -0.25) is 4.79 Å². The first-order valence-corrected chi connectivity index (χ1v) is 7.42. The van der Waals surface area contributed by atoms with Gasteiger partial charge in [-0.1, -0.05) is 36.2 Å². The number of nitriles is 1. The Morgan fingerprint density at radius 2 is 2.09 bits per heavy atom. The number of carbonyl (C=O) groups excluding carboxylic acids is 1. The Morgan fingerprint density at radius 1 is 1.41 bits per heavy atom. The molecule has 0 saturated carbocycles. The lowest BCUT2D eigenvalue weighted by molar-refractivity contribution is -0.115. The Hall–Kier alpha value is -1.96. The molecule has 6 heteroatoms. The maximum Gasteiger partial charge on any atom is 0.205 e. The fourth-order valence-corrected chi connectivity index (χ4v) is 2.76. The Bertz CT molecular complexity index is 745. The van der Waals surface area contributed by atoms with E-state index in [0.717, 1.165) is 0 Å². The predicted molar refractivity (Wildman–Crippen MR) is 85.1 cm³/mol. The van der Waals surface area contributed by atoms with Crippen LogP contribution in [0.1, 0.15) is 31.7 Å². The van der Waals surface area contributed by atoms with Crippen LogP contribution in [0.5, 0.6) is 0 Å². The molecule has 0 radical (unpaired) electrons. The summed E-state index contributed by atoms with van der Waals surface area (Å²) in [6.45, 7) is 3.41. The van der Waals surface area contributed by atoms with E-state index in [9.17, 15) is 10.1 Å². The zero-order valence-electron chi connectivity index (χ0n) is 12.1. The van der Waals surface area contributed by atoms with Crippen LogP contribution in [0.25, 0.3) is 0 Å². The molecule has 0 unspecified atom stereocenters. The predicted octanol–water partition coefficient (Wildman–Crippen LogP) is 4.05. The van der Waals surface area contributed by atoms with E-state index in [-0.39, 0.29) is 17.2 Å². The smallest absolute Gasteiger partial charge is 0.205 e. The van der Waals surface area contributed by atoms with E-state index in [2.05, 4.69) is 0 Å². The molecule has 0 aromatic heterocycles. The van der Waals surface area contributed by atoms with Gasteiger partial charge in [0, 0.05) is 12.0 Å². The van der Waals surface area contributed by atoms with Crippen molar-refractivity contribution in [2.75, 3.05) is 0 Å². The summed E-state index contributed by atoms with van der Waals surface area (Å²) < 4.78 is 5.37. The van der Waals surface area contributed by atoms with Gasteiger partial charge in [0.2, 0.25) is 5.88 Å². The molecule has 0 saturated heterocycles. The minimum Gasteiger partial charge on any atom is -0.445 e. The molecule has 1 aromatic carbocycles. The van der Waals surface area contributed by atoms with Crippen LogP contribution in [0.3, 0.4) is 0 Å². The largest absolute Gasteiger partial charge is 0.445 e. The maximum absolute atomic E-state index is 12.3. The number of rotatable bonds is 3. The Labute approximate surface area is 138 Å². The summed E-state index contributed by atoms with van der Waals surface area (Å²) in [6, 6.07) is 7.03. The Morgan fingerprint density at radius 3 is 2.64 bits per heavy atom. The molecule has 114 valence electrons. The third kappa shape index (κ3) is 2.83. The molecule has 1 heterocycles. The molecule has 1 aromatic rings. The zero-order chi connectivity index (χ0) is 16.4. The first-order valence-electron chi connectivity index (χ1n) is 6.67. The maximum atomic E-state index is 12.3. The van der Waals surface area contributed by atoms with E-state index in [1.807, 2.05) is 6.07 Å². The fourth-order valence-electron chi connectivity index (χ4n) is 2.46. The Balaban J connectivity index is 2.68. The number of allylic oxidation sites excluding steroid dienone is 3. The van der Waals surface area contributed by atoms with Crippen molar-refractivity contribution in [3.8, 4) is 6.07 Å².